The van der Waals surface area contributed by atoms with Gasteiger partial charge in [-0.2, -0.15) is 5.26 Å². The number of hydrogen-bond acceptors (Lipinski definition) is 6. The maximum Gasteiger partial charge on any atom is 0.260 e. The number of ether oxygens (including phenoxy) is 2. The Labute approximate surface area is 168 Å². The lowest BCUT2D eigenvalue weighted by molar-refractivity contribution is -0.134. The van der Waals surface area contributed by atoms with Crippen LogP contribution in [0.25, 0.3) is 5.65 Å². The largest absolute Gasteiger partial charge is 0.493 e. The number of carbonyl (C=O) groups excluding carboxylic acids is 1. The Balaban J connectivity index is 1.34. The van der Waals surface area contributed by atoms with Crippen LogP contribution in [-0.2, 0) is 4.79 Å². The summed E-state index contributed by atoms with van der Waals surface area (Å²) in [5.41, 5.74) is 1.31. The molecule has 1 fully saturated rings. The Hall–Kier alpha value is -3.60. The summed E-state index contributed by atoms with van der Waals surface area (Å²) < 4.78 is 12.9. The number of nitrogens with zero attached hydrogens (tertiary/aromatic N) is 5. The summed E-state index contributed by atoms with van der Waals surface area (Å²) in [4.78, 5) is 14.4. The maximum atomic E-state index is 12.6. The Morgan fingerprint density at radius 3 is 2.79 bits per heavy atom. The van der Waals surface area contributed by atoms with Crippen LogP contribution in [-0.4, -0.2) is 52.2 Å². The van der Waals surface area contributed by atoms with E-state index in [2.05, 4.69) is 16.3 Å². The van der Waals surface area contributed by atoms with E-state index >= 15 is 0 Å². The van der Waals surface area contributed by atoms with Crippen LogP contribution in [0.4, 0.5) is 0 Å². The quantitative estimate of drug-likeness (QED) is 0.663. The summed E-state index contributed by atoms with van der Waals surface area (Å²) in [5.74, 6) is 2.04. The van der Waals surface area contributed by atoms with Crippen molar-refractivity contribution >= 4 is 11.6 Å². The lowest BCUT2D eigenvalue weighted by Crippen LogP contribution is -2.40. The highest BCUT2D eigenvalue weighted by Crippen LogP contribution is 2.29. The smallest absolute Gasteiger partial charge is 0.260 e. The highest BCUT2D eigenvalue weighted by atomic mass is 16.5. The van der Waals surface area contributed by atoms with Crippen molar-refractivity contribution in [2.45, 2.75) is 18.8 Å². The van der Waals surface area contributed by atoms with Gasteiger partial charge in [-0.15, -0.1) is 10.2 Å². The number of fused-ring (bicyclic) bond motifs is 1. The van der Waals surface area contributed by atoms with Crippen LogP contribution >= 0.6 is 0 Å². The fourth-order valence-corrected chi connectivity index (χ4v) is 3.61. The van der Waals surface area contributed by atoms with E-state index in [1.165, 1.54) is 7.11 Å². The fourth-order valence-electron chi connectivity index (χ4n) is 3.61. The van der Waals surface area contributed by atoms with Gasteiger partial charge in [-0.3, -0.25) is 9.20 Å². The molecule has 0 spiro atoms. The Bertz CT molecular complexity index is 1060. The molecule has 1 aliphatic heterocycles. The van der Waals surface area contributed by atoms with Gasteiger partial charge in [-0.25, -0.2) is 0 Å². The van der Waals surface area contributed by atoms with Crippen molar-refractivity contribution in [3.8, 4) is 17.6 Å². The van der Waals surface area contributed by atoms with Crippen LogP contribution in [0.3, 0.4) is 0 Å². The first kappa shape index (κ1) is 18.7. The zero-order valence-corrected chi connectivity index (χ0v) is 16.1. The normalized spacial score (nSPS) is 14.6. The molecule has 148 valence electrons. The first-order chi connectivity index (χ1) is 14.2. The number of hydrogen-bond donors (Lipinski definition) is 0. The molecule has 8 heteroatoms. The van der Waals surface area contributed by atoms with Crippen molar-refractivity contribution < 1.29 is 14.3 Å². The van der Waals surface area contributed by atoms with Gasteiger partial charge < -0.3 is 14.4 Å². The maximum absolute atomic E-state index is 12.6. The van der Waals surface area contributed by atoms with E-state index in [0.29, 0.717) is 30.2 Å². The standard InChI is InChI=1S/C21H21N5O3/c1-28-18-12-15(13-22)5-6-17(18)29-14-20(27)25-10-7-16(8-11-25)21-24-23-19-4-2-3-9-26(19)21/h2-6,9,12,16H,7-8,10-11,14H2,1H3. The van der Waals surface area contributed by atoms with Gasteiger partial charge in [0.25, 0.3) is 5.91 Å². The number of benzene rings is 1. The second-order valence-electron chi connectivity index (χ2n) is 6.91. The summed E-state index contributed by atoms with van der Waals surface area (Å²) in [5, 5.41) is 17.5. The minimum absolute atomic E-state index is 0.0686. The summed E-state index contributed by atoms with van der Waals surface area (Å²) in [7, 11) is 1.50. The highest BCUT2D eigenvalue weighted by molar-refractivity contribution is 5.78. The predicted octanol–water partition coefficient (Wildman–Crippen LogP) is 2.39. The van der Waals surface area contributed by atoms with Crippen LogP contribution in [0.15, 0.2) is 42.6 Å². The van der Waals surface area contributed by atoms with Crippen molar-refractivity contribution in [3.63, 3.8) is 0 Å². The minimum Gasteiger partial charge on any atom is -0.493 e. The molecular formula is C21H21N5O3. The lowest BCUT2D eigenvalue weighted by atomic mass is 9.96. The van der Waals surface area contributed by atoms with Gasteiger partial charge in [0.15, 0.2) is 23.8 Å². The average molecular weight is 391 g/mol. The second-order valence-corrected chi connectivity index (χ2v) is 6.91. The number of methoxy groups -OCH3 is 1. The summed E-state index contributed by atoms with van der Waals surface area (Å²) in [6.07, 6.45) is 3.64. The van der Waals surface area contributed by atoms with Gasteiger partial charge in [0.05, 0.1) is 18.7 Å². The zero-order chi connectivity index (χ0) is 20.2. The van der Waals surface area contributed by atoms with Crippen molar-refractivity contribution in [1.82, 2.24) is 19.5 Å². The van der Waals surface area contributed by atoms with Gasteiger partial charge in [-0.1, -0.05) is 6.07 Å². The Kier molecular flexibility index (Phi) is 5.29. The number of pyridine rings is 1. The Morgan fingerprint density at radius 2 is 2.03 bits per heavy atom. The van der Waals surface area contributed by atoms with Gasteiger partial charge >= 0.3 is 0 Å². The molecule has 0 bridgehead atoms. The van der Waals surface area contributed by atoms with E-state index in [0.717, 1.165) is 24.3 Å². The van der Waals surface area contributed by atoms with Crippen LogP contribution in [0, 0.1) is 11.3 Å². The highest BCUT2D eigenvalue weighted by Gasteiger charge is 2.27. The summed E-state index contributed by atoms with van der Waals surface area (Å²) in [6.45, 7) is 1.24. The number of rotatable bonds is 5. The van der Waals surface area contributed by atoms with E-state index in [-0.39, 0.29) is 18.4 Å². The van der Waals surface area contributed by atoms with Crippen LogP contribution in [0.5, 0.6) is 11.5 Å². The van der Waals surface area contributed by atoms with E-state index in [1.807, 2.05) is 33.7 Å². The fraction of sp³-hybridized carbons (Fsp3) is 0.333. The monoisotopic (exact) mass is 391 g/mol. The second kappa shape index (κ2) is 8.19. The molecule has 8 nitrogen and oxygen atoms in total. The summed E-state index contributed by atoms with van der Waals surface area (Å²) in [6, 6.07) is 12.8. The molecule has 0 saturated carbocycles. The van der Waals surface area contributed by atoms with Gasteiger partial charge in [0.1, 0.15) is 5.82 Å². The van der Waals surface area contributed by atoms with Crippen molar-refractivity contribution in [2.75, 3.05) is 26.8 Å². The molecule has 29 heavy (non-hydrogen) atoms. The molecule has 2 aromatic heterocycles. The molecule has 1 aliphatic rings. The number of piperidine rings is 1. The Morgan fingerprint density at radius 1 is 1.21 bits per heavy atom. The first-order valence-corrected chi connectivity index (χ1v) is 9.48. The molecule has 0 aliphatic carbocycles. The molecule has 0 N–H and O–H groups in total. The van der Waals surface area contributed by atoms with Crippen molar-refractivity contribution in [1.29, 1.82) is 5.26 Å². The molecule has 1 aromatic carbocycles. The van der Waals surface area contributed by atoms with Gasteiger partial charge in [0, 0.05) is 31.3 Å². The van der Waals surface area contributed by atoms with E-state index in [9.17, 15) is 4.79 Å². The molecule has 4 rings (SSSR count). The van der Waals surface area contributed by atoms with E-state index in [4.69, 9.17) is 14.7 Å². The molecule has 1 amide bonds. The molecule has 3 heterocycles. The third-order valence-corrected chi connectivity index (χ3v) is 5.20. The minimum atomic E-state index is -0.0687. The van der Waals surface area contributed by atoms with E-state index in [1.54, 1.807) is 18.2 Å². The zero-order valence-electron chi connectivity index (χ0n) is 16.1. The molecule has 3 aromatic rings. The van der Waals surface area contributed by atoms with Gasteiger partial charge in [0.2, 0.25) is 0 Å². The van der Waals surface area contributed by atoms with Crippen molar-refractivity contribution in [2.24, 2.45) is 0 Å². The third-order valence-electron chi connectivity index (χ3n) is 5.20. The molecule has 0 radical (unpaired) electrons. The third kappa shape index (κ3) is 3.85. The number of nitriles is 1. The SMILES string of the molecule is COc1cc(C#N)ccc1OCC(=O)N1CCC(c2nnc3ccccn23)CC1. The number of likely N-dealkylation sites (tertiary alicyclic amines) is 1. The van der Waals surface area contributed by atoms with Crippen LogP contribution < -0.4 is 9.47 Å². The van der Waals surface area contributed by atoms with Crippen LogP contribution in [0.2, 0.25) is 0 Å². The van der Waals surface area contributed by atoms with Crippen molar-refractivity contribution in [3.05, 3.63) is 54.0 Å². The molecular weight excluding hydrogens is 370 g/mol. The van der Waals surface area contributed by atoms with Crippen LogP contribution in [0.1, 0.15) is 30.1 Å². The molecule has 0 unspecified atom stereocenters. The summed E-state index contributed by atoms with van der Waals surface area (Å²) >= 11 is 0. The average Bonchev–Trinajstić information content (AvgIpc) is 3.21. The first-order valence-electron chi connectivity index (χ1n) is 9.48. The topological polar surface area (TPSA) is 92.8 Å². The molecule has 1 saturated heterocycles. The predicted molar refractivity (Wildman–Crippen MR) is 105 cm³/mol. The van der Waals surface area contributed by atoms with E-state index < -0.39 is 0 Å². The number of amides is 1. The number of carbonyl (C=O) groups is 1. The molecule has 0 atom stereocenters. The van der Waals surface area contributed by atoms with Gasteiger partial charge in [-0.05, 0) is 37.1 Å². The number of aromatic nitrogens is 3. The lowest BCUT2D eigenvalue weighted by Gasteiger charge is -2.31.